The van der Waals surface area contributed by atoms with Crippen molar-refractivity contribution in [2.45, 2.75) is 208 Å². The molecule has 7 heterocycles. The number of aliphatic hydroxyl groups is 6. The van der Waals surface area contributed by atoms with Gasteiger partial charge in [-0.05, 0) is 215 Å². The fraction of sp³-hybridized carbons (Fsp3) is 0.477. The summed E-state index contributed by atoms with van der Waals surface area (Å²) in [4.78, 5) is 138. The number of aromatic hydroxyl groups is 3. The second-order valence-corrected chi connectivity index (χ2v) is 34.1. The lowest BCUT2D eigenvalue weighted by Crippen LogP contribution is -2.64. The van der Waals surface area contributed by atoms with E-state index in [-0.39, 0.29) is 92.8 Å². The highest BCUT2D eigenvalue weighted by Gasteiger charge is 2.53. The number of aliphatic hydroxyl groups excluding tert-OH is 6. The van der Waals surface area contributed by atoms with Crippen molar-refractivity contribution in [2.75, 3.05) is 25.6 Å². The summed E-state index contributed by atoms with van der Waals surface area (Å²) in [6.45, 7) is 9.32. The van der Waals surface area contributed by atoms with Gasteiger partial charge < -0.3 is 133 Å². The number of likely N-dealkylation sites (N-methyl/N-ethyl adjacent to an activating group) is 1. The van der Waals surface area contributed by atoms with Gasteiger partial charge >= 0.3 is 6.03 Å². The largest absolute Gasteiger partial charge is 0.508 e. The van der Waals surface area contributed by atoms with Gasteiger partial charge in [0.15, 0.2) is 23.9 Å². The van der Waals surface area contributed by atoms with E-state index < -0.39 is 221 Å². The molecule has 7 aliphatic heterocycles. The summed E-state index contributed by atoms with van der Waals surface area (Å²) in [6, 6.07) is 5.44. The van der Waals surface area contributed by atoms with E-state index in [0.29, 0.717) is 24.2 Å². The van der Waals surface area contributed by atoms with Gasteiger partial charge in [-0.1, -0.05) is 43.6 Å². The van der Waals surface area contributed by atoms with E-state index in [4.69, 9.17) is 50.5 Å². The summed E-state index contributed by atoms with van der Waals surface area (Å²) >= 11 is 7.29. The Morgan fingerprint density at radius 3 is 1.97 bits per heavy atom. The van der Waals surface area contributed by atoms with Crippen molar-refractivity contribution in [1.82, 2.24) is 47.9 Å². The Hall–Kier alpha value is -11.0. The van der Waals surface area contributed by atoms with Crippen LogP contribution in [0.5, 0.6) is 51.7 Å². The van der Waals surface area contributed by atoms with Crippen LogP contribution in [0.1, 0.15) is 150 Å². The van der Waals surface area contributed by atoms with Crippen molar-refractivity contribution in [3.63, 3.8) is 0 Å². The number of nitrogens with two attached hydrogens (primary N) is 1. The summed E-state index contributed by atoms with van der Waals surface area (Å²) in [6.07, 6.45) is -14.3. The average Bonchev–Trinajstić information content (AvgIpc) is 0.756. The molecule has 36 nitrogen and oxygen atoms in total. The highest BCUT2D eigenvalue weighted by atomic mass is 35.5. The SMILES string of the molecule is CCOc1ccc(NC(=O)NC(=O)C[C@@H]2NC(=O)[C@H](NC(=O)[C@@H](CC(C)C)NC)[C@H](O)c3ccc(c(C)c3)Oc3cc4cc(c3O[C@@H]3O[C@H](CO)[C@@H](O)[C@H](O)[C@H]3O[C@H]3C[C@](C)(N)[C@H](O)[C@H](C)O3)Oc3ccc(cc3Cl)[C@@H](O)[C@@H]3NC(=O)[C@H](NC(=O)[C@@H]4NC2=O)c2ccc(O)c(c2)-c2c(O)cc(O)cc2[C@@H](C(=O)NC2C4CC5CC(C4)CC2C5)NC3=O)cc1. The Kier molecular flexibility index (Phi) is 26.2. The Labute approximate surface area is 710 Å². The van der Waals surface area contributed by atoms with E-state index in [1.54, 1.807) is 6.92 Å². The summed E-state index contributed by atoms with van der Waals surface area (Å²) in [5.41, 5.74) is 3.44. The van der Waals surface area contributed by atoms with Gasteiger partial charge in [0.1, 0.15) is 101 Å². The molecule has 0 radical (unpaired) electrons. The van der Waals surface area contributed by atoms with Gasteiger partial charge in [0.25, 0.3) is 0 Å². The highest BCUT2D eigenvalue weighted by Crippen LogP contribution is 2.55. The molecule has 6 fully saturated rings. The molecule has 123 heavy (non-hydrogen) atoms. The van der Waals surface area contributed by atoms with Crippen LogP contribution in [0.3, 0.4) is 0 Å². The molecular weight excluding hydrogens is 1620 g/mol. The Morgan fingerprint density at radius 1 is 0.683 bits per heavy atom. The fourth-order valence-electron chi connectivity index (χ4n) is 18.2. The van der Waals surface area contributed by atoms with E-state index in [1.165, 1.54) is 82.4 Å². The lowest BCUT2D eigenvalue weighted by molar-refractivity contribution is -0.333. The maximum Gasteiger partial charge on any atom is 0.325 e. The number of ether oxygens (including phenoxy) is 7. The molecule has 6 aromatic carbocycles. The molecule has 10 amide bonds. The molecular formula is C86H102ClN11O25. The number of benzene rings is 6. The molecule has 4 saturated carbocycles. The van der Waals surface area contributed by atoms with Crippen LogP contribution < -0.4 is 77.8 Å². The van der Waals surface area contributed by atoms with Crippen LogP contribution in [-0.2, 0) is 52.6 Å². The number of carbonyl (C=O) groups is 9. The second-order valence-electron chi connectivity index (χ2n) is 33.7. The minimum atomic E-state index is -2.39. The number of phenolic OH excluding ortho intramolecular Hbond substituents is 3. The number of fused-ring (bicyclic) bond motifs is 15. The monoisotopic (exact) mass is 1720 g/mol. The van der Waals surface area contributed by atoms with E-state index in [9.17, 15) is 60.3 Å². The van der Waals surface area contributed by atoms with Crippen LogP contribution in [0.2, 0.25) is 5.02 Å². The first-order valence-corrected chi connectivity index (χ1v) is 41.3. The van der Waals surface area contributed by atoms with Crippen molar-refractivity contribution in [3.05, 3.63) is 142 Å². The predicted octanol–water partition coefficient (Wildman–Crippen LogP) is 3.88. The lowest BCUT2D eigenvalue weighted by Gasteiger charge is -2.54. The van der Waals surface area contributed by atoms with Gasteiger partial charge in [-0.3, -0.25) is 43.7 Å². The summed E-state index contributed by atoms with van der Waals surface area (Å²) in [5.74, 6) is -12.7. The highest BCUT2D eigenvalue weighted by molar-refractivity contribution is 6.32. The van der Waals surface area contributed by atoms with Gasteiger partial charge in [-0.15, -0.1) is 0 Å². The van der Waals surface area contributed by atoms with Crippen molar-refractivity contribution in [1.29, 1.82) is 0 Å². The van der Waals surface area contributed by atoms with Gasteiger partial charge in [-0.2, -0.15) is 0 Å². The summed E-state index contributed by atoms with van der Waals surface area (Å²) in [7, 11) is 1.49. The smallest absolute Gasteiger partial charge is 0.325 e. The molecule has 6 aromatic rings. The zero-order valence-electron chi connectivity index (χ0n) is 68.2. The van der Waals surface area contributed by atoms with Gasteiger partial charge in [0.05, 0.1) is 42.9 Å². The number of imide groups is 1. The van der Waals surface area contributed by atoms with Crippen LogP contribution >= 0.6 is 11.6 Å². The third-order valence-corrected chi connectivity index (χ3v) is 24.5. The molecule has 658 valence electrons. The second kappa shape index (κ2) is 36.4. The molecule has 0 unspecified atom stereocenters. The number of hydrogen-bond acceptors (Lipinski definition) is 27. The number of rotatable bonds is 17. The number of amides is 10. The number of hydrogen-bond donors (Lipinski definition) is 20. The standard InChI is InChI=1S/C86H102ClN11O25/c1-8-117-48-14-12-46(13-15-48)90-85(116)92-61(103)32-53-78(110)94-66-45-28-58(119-56-17-10-41(20-36(56)4)70(104)68(82(114)91-53)97-77(109)52(89-7)19-35(2)3)74(123-84-75(73(107)72(106)60(34-99)121-84)122-62-33-86(6,88)76(108)37(5)118-62)59(29-45)120-57-18-11-42(27-51(57)87)71(105)69-83(115)96-67(81(113)93-64-43-22-38-21-39(24-43)25-44(64)23-38)50-30-47(100)31-55(102)63(50)49-26-40(9-16-54(49)101)65(79(111)98-69)95-80(66)112/h9-18,20,26-31,35,37-39,43-44,52-53,60,62,64-73,75-76,84,89,99-102,104-108H,8,19,21-25,32-34,88H2,1-7H3,(H,91,114)(H,93,113)(H,94,110)(H,95,112)(H,96,115)(H,97,109)(H,98,111)(H2,90,92,103,116)/t37-,38?,39?,43?,44?,52+,53-,60+,62-,64?,65+,66+,67-,68+,69-,70+,71+,72+,73-,75+,76+,84-,86-/m0/s1. The fourth-order valence-corrected chi connectivity index (χ4v) is 18.5. The molecule has 17 rings (SSSR count). The number of anilines is 1. The van der Waals surface area contributed by atoms with Crippen molar-refractivity contribution in [3.8, 4) is 62.9 Å². The molecule has 15 bridgehead atoms. The zero-order chi connectivity index (χ0) is 88.1. The number of halogens is 1. The van der Waals surface area contributed by atoms with Crippen molar-refractivity contribution in [2.24, 2.45) is 35.3 Å². The first kappa shape index (κ1) is 88.3. The van der Waals surface area contributed by atoms with E-state index in [1.807, 2.05) is 13.8 Å². The molecule has 4 aliphatic carbocycles. The normalized spacial score (nSPS) is 30.6. The molecule has 2 saturated heterocycles. The number of nitrogens with one attached hydrogen (secondary N) is 10. The molecule has 0 aromatic heterocycles. The maximum absolute atomic E-state index is 16.6. The van der Waals surface area contributed by atoms with Crippen molar-refractivity contribution < 1.29 is 122 Å². The predicted molar refractivity (Wildman–Crippen MR) is 436 cm³/mol. The maximum atomic E-state index is 16.6. The van der Waals surface area contributed by atoms with Gasteiger partial charge in [-0.25, -0.2) is 4.79 Å². The Morgan fingerprint density at radius 2 is 1.33 bits per heavy atom. The number of carbonyl (C=O) groups excluding carboxylic acids is 9. The zero-order valence-corrected chi connectivity index (χ0v) is 68.9. The number of aryl methyl sites for hydroxylation is 1. The van der Waals surface area contributed by atoms with Gasteiger partial charge in [0.2, 0.25) is 59.3 Å². The van der Waals surface area contributed by atoms with Crippen molar-refractivity contribution >= 4 is 70.6 Å². The first-order valence-electron chi connectivity index (χ1n) is 40.9. The molecule has 11 aliphatic rings. The minimum absolute atomic E-state index is 0.0586. The Bertz CT molecular complexity index is 5030. The van der Waals surface area contributed by atoms with Crippen LogP contribution in [-0.4, -0.2) is 204 Å². The average molecular weight is 1730 g/mol. The van der Waals surface area contributed by atoms with Gasteiger partial charge in [0, 0.05) is 40.9 Å². The van der Waals surface area contributed by atoms with E-state index in [2.05, 4.69) is 53.2 Å². The molecule has 18 atom stereocenters. The number of phenols is 3. The quantitative estimate of drug-likeness (QED) is 0.0616. The third kappa shape index (κ3) is 18.9. The minimum Gasteiger partial charge on any atom is -0.508 e. The van der Waals surface area contributed by atoms with Crippen LogP contribution in [0.15, 0.2) is 103 Å². The van der Waals surface area contributed by atoms with E-state index >= 15 is 28.8 Å². The Balaban J connectivity index is 0.963. The third-order valence-electron chi connectivity index (χ3n) is 24.2. The lowest BCUT2D eigenvalue weighted by atomic mass is 9.54. The number of urea groups is 1. The van der Waals surface area contributed by atoms with E-state index in [0.717, 1.165) is 80.6 Å². The van der Waals surface area contributed by atoms with Crippen LogP contribution in [0.25, 0.3) is 11.1 Å². The topological polar surface area (TPSA) is 547 Å². The molecule has 37 heteroatoms. The van der Waals surface area contributed by atoms with Crippen LogP contribution in [0.4, 0.5) is 10.5 Å². The summed E-state index contributed by atoms with van der Waals surface area (Å²) < 4.78 is 44.8. The first-order chi connectivity index (χ1) is 58.5. The summed E-state index contributed by atoms with van der Waals surface area (Å²) in [5, 5.41) is 133. The molecule has 21 N–H and O–H groups in total. The van der Waals surface area contributed by atoms with Crippen LogP contribution in [0, 0.1) is 36.5 Å². The molecule has 0 spiro atoms.